The molecule has 0 atom stereocenters. The van der Waals surface area contributed by atoms with Gasteiger partial charge in [0.1, 0.15) is 0 Å². The van der Waals surface area contributed by atoms with Gasteiger partial charge < -0.3 is 5.32 Å². The van der Waals surface area contributed by atoms with E-state index in [1.54, 1.807) is 12.1 Å². The molecule has 0 radical (unpaired) electrons. The Morgan fingerprint density at radius 2 is 2.05 bits per heavy atom. The maximum Gasteiger partial charge on any atom is 0.301 e. The molecule has 0 spiro atoms. The van der Waals surface area contributed by atoms with E-state index in [0.717, 1.165) is 13.0 Å². The molecule has 1 saturated carbocycles. The van der Waals surface area contributed by atoms with Gasteiger partial charge in [0.05, 0.1) is 10.7 Å². The molecule has 118 valence electrons. The number of nitrogens with zero attached hydrogens (tertiary/aromatic N) is 1. The zero-order chi connectivity index (χ0) is 15.5. The largest absolute Gasteiger partial charge is 0.314 e. The van der Waals surface area contributed by atoms with Crippen LogP contribution in [-0.4, -0.2) is 38.9 Å². The van der Waals surface area contributed by atoms with Gasteiger partial charge >= 0.3 is 10.2 Å². The third-order valence-corrected chi connectivity index (χ3v) is 5.28. The monoisotopic (exact) mass is 351 g/mol. The summed E-state index contributed by atoms with van der Waals surface area (Å²) in [6, 6.07) is 5.29. The minimum atomic E-state index is -3.63. The van der Waals surface area contributed by atoms with Crippen molar-refractivity contribution < 1.29 is 8.42 Å². The van der Waals surface area contributed by atoms with Crippen molar-refractivity contribution in [3.63, 3.8) is 0 Å². The van der Waals surface area contributed by atoms with Crippen LogP contribution in [0.3, 0.4) is 0 Å². The summed E-state index contributed by atoms with van der Waals surface area (Å²) in [6.45, 7) is 1.26. The topological polar surface area (TPSA) is 61.4 Å². The average Bonchev–Trinajstić information content (AvgIpc) is 3.22. The molecule has 0 unspecified atom stereocenters. The molecule has 1 aliphatic carbocycles. The number of halogens is 2. The molecule has 1 fully saturated rings. The Balaban J connectivity index is 1.88. The zero-order valence-electron chi connectivity index (χ0n) is 11.8. The van der Waals surface area contributed by atoms with Gasteiger partial charge in [0, 0.05) is 24.7 Å². The van der Waals surface area contributed by atoms with E-state index in [0.29, 0.717) is 22.6 Å². The lowest BCUT2D eigenvalue weighted by Gasteiger charge is -2.19. The van der Waals surface area contributed by atoms with Crippen LogP contribution in [-0.2, 0) is 10.2 Å². The first-order valence-corrected chi connectivity index (χ1v) is 9.00. The van der Waals surface area contributed by atoms with Gasteiger partial charge in [-0.25, -0.2) is 0 Å². The van der Waals surface area contributed by atoms with E-state index in [1.807, 2.05) is 0 Å². The maximum absolute atomic E-state index is 12.2. The molecular formula is C13H19Cl2N3O2S. The van der Waals surface area contributed by atoms with E-state index in [-0.39, 0.29) is 5.69 Å². The highest BCUT2D eigenvalue weighted by Crippen LogP contribution is 2.26. The van der Waals surface area contributed by atoms with Gasteiger partial charge in [-0.2, -0.15) is 12.7 Å². The Morgan fingerprint density at radius 1 is 1.33 bits per heavy atom. The summed E-state index contributed by atoms with van der Waals surface area (Å²) in [6.07, 6.45) is 3.21. The molecule has 0 aliphatic heterocycles. The van der Waals surface area contributed by atoms with E-state index in [2.05, 4.69) is 10.0 Å². The molecule has 2 N–H and O–H groups in total. The molecule has 21 heavy (non-hydrogen) atoms. The molecule has 2 rings (SSSR count). The molecule has 0 bridgehead atoms. The quantitative estimate of drug-likeness (QED) is 0.708. The lowest BCUT2D eigenvalue weighted by atomic mass is 10.3. The third kappa shape index (κ3) is 5.30. The fourth-order valence-corrected chi connectivity index (χ4v) is 3.17. The molecule has 1 aromatic carbocycles. The summed E-state index contributed by atoms with van der Waals surface area (Å²) >= 11 is 11.8. The maximum atomic E-state index is 12.2. The Morgan fingerprint density at radius 3 is 2.71 bits per heavy atom. The predicted octanol–water partition coefficient (Wildman–Crippen LogP) is 2.72. The number of hydrogen-bond donors (Lipinski definition) is 2. The second kappa shape index (κ2) is 7.15. The molecule has 0 amide bonds. The fraction of sp³-hybridized carbons (Fsp3) is 0.538. The van der Waals surface area contributed by atoms with Crippen molar-refractivity contribution in [2.75, 3.05) is 24.9 Å². The van der Waals surface area contributed by atoms with Crippen LogP contribution in [0.5, 0.6) is 0 Å². The van der Waals surface area contributed by atoms with Crippen molar-refractivity contribution in [1.29, 1.82) is 0 Å². The smallest absolute Gasteiger partial charge is 0.301 e. The van der Waals surface area contributed by atoms with Gasteiger partial charge in [0.25, 0.3) is 0 Å². The van der Waals surface area contributed by atoms with Crippen molar-refractivity contribution in [2.24, 2.45) is 0 Å². The summed E-state index contributed by atoms with van der Waals surface area (Å²) in [5, 5.41) is 4.09. The SMILES string of the molecule is CN(CCCNC1CC1)S(=O)(=O)Nc1cc(Cl)ccc1Cl. The highest BCUT2D eigenvalue weighted by atomic mass is 35.5. The van der Waals surface area contributed by atoms with Gasteiger partial charge in [-0.05, 0) is 44.0 Å². The van der Waals surface area contributed by atoms with Crippen LogP contribution in [0.2, 0.25) is 10.0 Å². The van der Waals surface area contributed by atoms with Crippen LogP contribution < -0.4 is 10.0 Å². The lowest BCUT2D eigenvalue weighted by Crippen LogP contribution is -2.34. The van der Waals surface area contributed by atoms with E-state index in [4.69, 9.17) is 23.2 Å². The van der Waals surface area contributed by atoms with Crippen molar-refractivity contribution in [2.45, 2.75) is 25.3 Å². The summed E-state index contributed by atoms with van der Waals surface area (Å²) < 4.78 is 28.1. The van der Waals surface area contributed by atoms with E-state index < -0.39 is 10.2 Å². The number of benzene rings is 1. The van der Waals surface area contributed by atoms with Crippen LogP contribution in [0.4, 0.5) is 5.69 Å². The Hall–Kier alpha value is -0.530. The highest BCUT2D eigenvalue weighted by Gasteiger charge is 2.21. The second-order valence-electron chi connectivity index (χ2n) is 5.13. The molecule has 5 nitrogen and oxygen atoms in total. The Labute approximate surface area is 135 Å². The van der Waals surface area contributed by atoms with Crippen LogP contribution >= 0.6 is 23.2 Å². The summed E-state index contributed by atoms with van der Waals surface area (Å²) in [5.41, 5.74) is 0.284. The van der Waals surface area contributed by atoms with Gasteiger partial charge in [-0.3, -0.25) is 4.72 Å². The molecule has 1 aliphatic rings. The van der Waals surface area contributed by atoms with Crippen LogP contribution in [0.1, 0.15) is 19.3 Å². The second-order valence-corrected chi connectivity index (χ2v) is 7.76. The van der Waals surface area contributed by atoms with Gasteiger partial charge in [-0.15, -0.1) is 0 Å². The fourth-order valence-electron chi connectivity index (χ4n) is 1.81. The summed E-state index contributed by atoms with van der Waals surface area (Å²) in [5.74, 6) is 0. The average molecular weight is 352 g/mol. The number of rotatable bonds is 8. The van der Waals surface area contributed by atoms with E-state index >= 15 is 0 Å². The number of nitrogens with one attached hydrogen (secondary N) is 2. The van der Waals surface area contributed by atoms with Crippen molar-refractivity contribution in [3.8, 4) is 0 Å². The first-order chi connectivity index (χ1) is 9.88. The molecule has 8 heteroatoms. The van der Waals surface area contributed by atoms with Crippen LogP contribution in [0, 0.1) is 0 Å². The normalized spacial score (nSPS) is 15.4. The van der Waals surface area contributed by atoms with Crippen LogP contribution in [0.25, 0.3) is 0 Å². The predicted molar refractivity (Wildman–Crippen MR) is 87.3 cm³/mol. The first-order valence-electron chi connectivity index (χ1n) is 6.81. The van der Waals surface area contributed by atoms with E-state index in [1.165, 1.54) is 30.3 Å². The van der Waals surface area contributed by atoms with Crippen LogP contribution in [0.15, 0.2) is 18.2 Å². The molecular weight excluding hydrogens is 333 g/mol. The van der Waals surface area contributed by atoms with Crippen molar-refractivity contribution in [3.05, 3.63) is 28.2 Å². The van der Waals surface area contributed by atoms with Gasteiger partial charge in [0.2, 0.25) is 0 Å². The first kappa shape index (κ1) is 16.8. The Kier molecular flexibility index (Phi) is 5.73. The highest BCUT2D eigenvalue weighted by molar-refractivity contribution is 7.90. The molecule has 0 saturated heterocycles. The molecule has 1 aromatic rings. The van der Waals surface area contributed by atoms with Crippen molar-refractivity contribution >= 4 is 39.1 Å². The van der Waals surface area contributed by atoms with Crippen molar-refractivity contribution in [1.82, 2.24) is 9.62 Å². The lowest BCUT2D eigenvalue weighted by molar-refractivity contribution is 0.458. The standard InChI is InChI=1S/C13H19Cl2N3O2S/c1-18(8-2-7-16-11-4-5-11)21(19,20)17-13-9-10(14)3-6-12(13)15/h3,6,9,11,16-17H,2,4-5,7-8H2,1H3. The summed E-state index contributed by atoms with van der Waals surface area (Å²) in [7, 11) is -2.09. The van der Waals surface area contributed by atoms with Gasteiger partial charge in [-0.1, -0.05) is 23.2 Å². The third-order valence-electron chi connectivity index (χ3n) is 3.24. The Bertz CT molecular complexity index is 591. The molecule has 0 heterocycles. The van der Waals surface area contributed by atoms with E-state index in [9.17, 15) is 8.42 Å². The zero-order valence-corrected chi connectivity index (χ0v) is 14.1. The van der Waals surface area contributed by atoms with Gasteiger partial charge in [0.15, 0.2) is 0 Å². The number of hydrogen-bond acceptors (Lipinski definition) is 3. The minimum absolute atomic E-state index is 0.284. The minimum Gasteiger partial charge on any atom is -0.314 e. The number of anilines is 1. The molecule has 0 aromatic heterocycles. The summed E-state index contributed by atoms with van der Waals surface area (Å²) in [4.78, 5) is 0.